The van der Waals surface area contributed by atoms with Gasteiger partial charge in [0.05, 0.1) is 17.9 Å². The molecule has 0 heterocycles. The van der Waals surface area contributed by atoms with E-state index in [0.29, 0.717) is 17.1 Å². The molecule has 0 aliphatic rings. The number of hydrogen-bond donors (Lipinski definition) is 0. The van der Waals surface area contributed by atoms with Gasteiger partial charge in [-0.3, -0.25) is 4.21 Å². The Kier molecular flexibility index (Phi) is 8.14. The fraction of sp³-hybridized carbons (Fsp3) is 0.533. The lowest BCUT2D eigenvalue weighted by Gasteiger charge is -2.16. The minimum Gasteiger partial charge on any atom is -0.455 e. The van der Waals surface area contributed by atoms with E-state index in [4.69, 9.17) is 9.47 Å². The van der Waals surface area contributed by atoms with Gasteiger partial charge in [0.15, 0.2) is 0 Å². The SMILES string of the molecule is CCCC[S@](=O)C[C@@H](COC)OC(=O)c1ccccc1. The molecule has 0 radical (unpaired) electrons. The second kappa shape index (κ2) is 9.66. The van der Waals surface area contributed by atoms with Crippen molar-refractivity contribution in [3.63, 3.8) is 0 Å². The molecule has 5 heteroatoms. The highest BCUT2D eigenvalue weighted by Gasteiger charge is 2.18. The molecule has 0 aromatic heterocycles. The second-order valence-corrected chi connectivity index (χ2v) is 6.13. The molecular weight excluding hydrogens is 276 g/mol. The molecule has 0 fully saturated rings. The summed E-state index contributed by atoms with van der Waals surface area (Å²) in [5.74, 6) is 0.562. The summed E-state index contributed by atoms with van der Waals surface area (Å²) in [5, 5.41) is 0. The third-order valence-corrected chi connectivity index (χ3v) is 4.22. The number of ether oxygens (including phenoxy) is 2. The highest BCUT2D eigenvalue weighted by atomic mass is 32.2. The molecular formula is C15H22O4S. The Balaban J connectivity index is 2.54. The van der Waals surface area contributed by atoms with Gasteiger partial charge in [0.1, 0.15) is 6.10 Å². The molecule has 0 amide bonds. The summed E-state index contributed by atoms with van der Waals surface area (Å²) in [6, 6.07) is 8.78. The van der Waals surface area contributed by atoms with Crippen molar-refractivity contribution in [1.82, 2.24) is 0 Å². The summed E-state index contributed by atoms with van der Waals surface area (Å²) in [5.41, 5.74) is 0.493. The zero-order valence-corrected chi connectivity index (χ0v) is 12.9. The predicted molar refractivity (Wildman–Crippen MR) is 80.3 cm³/mol. The van der Waals surface area contributed by atoms with Gasteiger partial charge in [-0.1, -0.05) is 31.5 Å². The van der Waals surface area contributed by atoms with E-state index in [1.165, 1.54) is 7.11 Å². The summed E-state index contributed by atoms with van der Waals surface area (Å²) in [4.78, 5) is 11.9. The summed E-state index contributed by atoms with van der Waals surface area (Å²) in [6.45, 7) is 2.32. The lowest BCUT2D eigenvalue weighted by Crippen LogP contribution is -2.29. The molecule has 2 atom stereocenters. The lowest BCUT2D eigenvalue weighted by atomic mass is 10.2. The molecule has 20 heavy (non-hydrogen) atoms. The van der Waals surface area contributed by atoms with Crippen molar-refractivity contribution < 1.29 is 18.5 Å². The molecule has 0 saturated heterocycles. The maximum Gasteiger partial charge on any atom is 0.338 e. The Morgan fingerprint density at radius 2 is 2.00 bits per heavy atom. The maximum absolute atomic E-state index is 11.9. The number of hydrogen-bond acceptors (Lipinski definition) is 4. The fourth-order valence-corrected chi connectivity index (χ4v) is 3.05. The van der Waals surface area contributed by atoms with E-state index in [-0.39, 0.29) is 6.61 Å². The van der Waals surface area contributed by atoms with Crippen LogP contribution in [0, 0.1) is 0 Å². The highest BCUT2D eigenvalue weighted by molar-refractivity contribution is 7.85. The van der Waals surface area contributed by atoms with E-state index >= 15 is 0 Å². The lowest BCUT2D eigenvalue weighted by molar-refractivity contribution is 0.0132. The van der Waals surface area contributed by atoms with E-state index in [2.05, 4.69) is 6.92 Å². The fourth-order valence-electron chi connectivity index (χ4n) is 1.69. The minimum atomic E-state index is -0.982. The van der Waals surface area contributed by atoms with Crippen molar-refractivity contribution in [3.05, 3.63) is 35.9 Å². The number of benzene rings is 1. The van der Waals surface area contributed by atoms with Crippen LogP contribution in [-0.2, 0) is 20.3 Å². The standard InChI is InChI=1S/C15H22O4S/c1-3-4-10-20(17)12-14(11-18-2)19-15(16)13-8-6-5-7-9-13/h5-9,14H,3-4,10-12H2,1-2H3/t14-,20+/m1/s1. The largest absolute Gasteiger partial charge is 0.455 e. The molecule has 0 N–H and O–H groups in total. The molecule has 1 aromatic rings. The topological polar surface area (TPSA) is 52.6 Å². The summed E-state index contributed by atoms with van der Waals surface area (Å²) in [7, 11) is 0.558. The monoisotopic (exact) mass is 298 g/mol. The van der Waals surface area contributed by atoms with Crippen molar-refractivity contribution >= 4 is 16.8 Å². The number of carbonyl (C=O) groups is 1. The molecule has 1 rings (SSSR count). The van der Waals surface area contributed by atoms with Gasteiger partial charge in [-0.15, -0.1) is 0 Å². The van der Waals surface area contributed by atoms with Crippen LogP contribution in [0.3, 0.4) is 0 Å². The number of carbonyl (C=O) groups excluding carboxylic acids is 1. The Morgan fingerprint density at radius 1 is 1.30 bits per heavy atom. The Hall–Kier alpha value is -1.20. The van der Waals surface area contributed by atoms with Crippen molar-refractivity contribution in [2.24, 2.45) is 0 Å². The molecule has 0 spiro atoms. The number of unbranched alkanes of at least 4 members (excludes halogenated alkanes) is 1. The predicted octanol–water partition coefficient (Wildman–Crippen LogP) is 2.41. The Bertz CT molecular complexity index is 419. The van der Waals surface area contributed by atoms with Gasteiger partial charge < -0.3 is 9.47 Å². The first-order valence-corrected chi connectivity index (χ1v) is 8.26. The molecule has 0 saturated carbocycles. The molecule has 0 aliphatic carbocycles. The average molecular weight is 298 g/mol. The van der Waals surface area contributed by atoms with Crippen molar-refractivity contribution in [3.8, 4) is 0 Å². The highest BCUT2D eigenvalue weighted by Crippen LogP contribution is 2.06. The molecule has 0 aliphatic heterocycles. The molecule has 0 bridgehead atoms. The van der Waals surface area contributed by atoms with Gasteiger partial charge in [0, 0.05) is 23.7 Å². The van der Waals surface area contributed by atoms with E-state index in [1.807, 2.05) is 6.07 Å². The number of methoxy groups -OCH3 is 1. The summed E-state index contributed by atoms with van der Waals surface area (Å²) >= 11 is 0. The maximum atomic E-state index is 11.9. The zero-order valence-electron chi connectivity index (χ0n) is 12.0. The van der Waals surface area contributed by atoms with Crippen LogP contribution in [0.1, 0.15) is 30.1 Å². The van der Waals surface area contributed by atoms with Crippen LogP contribution in [0.4, 0.5) is 0 Å². The van der Waals surface area contributed by atoms with E-state index in [1.54, 1.807) is 24.3 Å². The van der Waals surface area contributed by atoms with E-state index in [9.17, 15) is 9.00 Å². The van der Waals surface area contributed by atoms with Gasteiger partial charge in [0.25, 0.3) is 0 Å². The molecule has 112 valence electrons. The van der Waals surface area contributed by atoms with Gasteiger partial charge in [-0.05, 0) is 18.6 Å². The molecule has 4 nitrogen and oxygen atoms in total. The van der Waals surface area contributed by atoms with Crippen molar-refractivity contribution in [2.75, 3.05) is 25.2 Å². The smallest absolute Gasteiger partial charge is 0.338 e. The van der Waals surface area contributed by atoms with E-state index < -0.39 is 22.9 Å². The first-order valence-electron chi connectivity index (χ1n) is 6.77. The van der Waals surface area contributed by atoms with Gasteiger partial charge in [0.2, 0.25) is 0 Å². The zero-order chi connectivity index (χ0) is 14.8. The van der Waals surface area contributed by atoms with Crippen LogP contribution in [0.25, 0.3) is 0 Å². The van der Waals surface area contributed by atoms with Crippen LogP contribution < -0.4 is 0 Å². The first kappa shape index (κ1) is 16.9. The van der Waals surface area contributed by atoms with Gasteiger partial charge >= 0.3 is 5.97 Å². The van der Waals surface area contributed by atoms with Crippen LogP contribution >= 0.6 is 0 Å². The summed E-state index contributed by atoms with van der Waals surface area (Å²) < 4.78 is 22.3. The quantitative estimate of drug-likeness (QED) is 0.657. The third kappa shape index (κ3) is 6.30. The minimum absolute atomic E-state index is 0.260. The molecule has 1 aromatic carbocycles. The van der Waals surface area contributed by atoms with Crippen LogP contribution in [0.5, 0.6) is 0 Å². The third-order valence-electron chi connectivity index (χ3n) is 2.73. The normalized spacial score (nSPS) is 13.7. The number of esters is 1. The van der Waals surface area contributed by atoms with Crippen molar-refractivity contribution in [2.45, 2.75) is 25.9 Å². The average Bonchev–Trinajstić information content (AvgIpc) is 2.46. The van der Waals surface area contributed by atoms with Gasteiger partial charge in [-0.2, -0.15) is 0 Å². The van der Waals surface area contributed by atoms with Crippen LogP contribution in [0.15, 0.2) is 30.3 Å². The van der Waals surface area contributed by atoms with Crippen LogP contribution in [-0.4, -0.2) is 41.5 Å². The summed E-state index contributed by atoms with van der Waals surface area (Å²) in [6.07, 6.45) is 1.45. The molecule has 0 unspecified atom stereocenters. The van der Waals surface area contributed by atoms with E-state index in [0.717, 1.165) is 12.8 Å². The first-order chi connectivity index (χ1) is 9.67. The Morgan fingerprint density at radius 3 is 2.60 bits per heavy atom. The van der Waals surface area contributed by atoms with Gasteiger partial charge in [-0.25, -0.2) is 4.79 Å². The number of rotatable bonds is 9. The van der Waals surface area contributed by atoms with Crippen LogP contribution in [0.2, 0.25) is 0 Å². The second-order valence-electron chi connectivity index (χ2n) is 4.51. The Labute approximate surface area is 122 Å². The van der Waals surface area contributed by atoms with Crippen molar-refractivity contribution in [1.29, 1.82) is 0 Å².